The Bertz CT molecular complexity index is 2710. The maximum Gasteiger partial charge on any atom is 0.136 e. The van der Waals surface area contributed by atoms with Crippen LogP contribution in [-0.4, -0.2) is 9.13 Å². The van der Waals surface area contributed by atoms with E-state index in [1.165, 1.54) is 0 Å². The van der Waals surface area contributed by atoms with Crippen molar-refractivity contribution in [2.24, 2.45) is 0 Å². The Balaban J connectivity index is 1.38. The minimum Gasteiger partial charge on any atom is -0.456 e. The summed E-state index contributed by atoms with van der Waals surface area (Å²) in [6.45, 7) is 0. The summed E-state index contributed by atoms with van der Waals surface area (Å²) in [5.74, 6) is 0. The summed E-state index contributed by atoms with van der Waals surface area (Å²) in [7, 11) is 0. The number of hydrogen-bond acceptors (Lipinski definition) is 3. The van der Waals surface area contributed by atoms with Crippen LogP contribution in [0.5, 0.6) is 0 Å². The molecule has 0 fully saturated rings. The molecule has 43 heavy (non-hydrogen) atoms. The molecule has 5 heteroatoms. The summed E-state index contributed by atoms with van der Waals surface area (Å²) in [5.41, 5.74) is 9.15. The summed E-state index contributed by atoms with van der Waals surface area (Å²) in [5, 5.41) is 25.7. The van der Waals surface area contributed by atoms with Gasteiger partial charge in [0.25, 0.3) is 0 Å². The van der Waals surface area contributed by atoms with Crippen molar-refractivity contribution in [2.45, 2.75) is 0 Å². The molecule has 0 saturated heterocycles. The molecule has 0 aliphatic carbocycles. The molecule has 0 aliphatic rings. The summed E-state index contributed by atoms with van der Waals surface area (Å²) < 4.78 is 10.8. The van der Waals surface area contributed by atoms with Crippen LogP contribution in [0, 0.1) is 22.7 Å². The van der Waals surface area contributed by atoms with E-state index in [-0.39, 0.29) is 0 Å². The minimum atomic E-state index is 0.618. The van der Waals surface area contributed by atoms with Crippen molar-refractivity contribution in [3.05, 3.63) is 132 Å². The molecule has 0 spiro atoms. The lowest BCUT2D eigenvalue weighted by molar-refractivity contribution is 0.669. The Labute approximate surface area is 245 Å². The Morgan fingerprint density at radius 1 is 0.442 bits per heavy atom. The molecule has 9 rings (SSSR count). The average Bonchev–Trinajstić information content (AvgIpc) is 3.71. The van der Waals surface area contributed by atoms with Gasteiger partial charge in [0.1, 0.15) is 11.2 Å². The normalized spacial score (nSPS) is 11.7. The van der Waals surface area contributed by atoms with Crippen LogP contribution in [0.25, 0.3) is 76.9 Å². The first-order valence-corrected chi connectivity index (χ1v) is 14.1. The van der Waals surface area contributed by atoms with Crippen LogP contribution in [0.15, 0.2) is 126 Å². The lowest BCUT2D eigenvalue weighted by Gasteiger charge is -2.13. The summed E-state index contributed by atoms with van der Waals surface area (Å²) in [6, 6.07) is 45.5. The molecule has 0 aliphatic heterocycles. The van der Waals surface area contributed by atoms with Crippen molar-refractivity contribution < 1.29 is 4.42 Å². The van der Waals surface area contributed by atoms with E-state index >= 15 is 0 Å². The number of hydrogen-bond donors (Lipinski definition) is 0. The number of furan rings is 1. The molecule has 0 N–H and O–H groups in total. The predicted molar refractivity (Wildman–Crippen MR) is 172 cm³/mol. The molecule has 3 heterocycles. The van der Waals surface area contributed by atoms with Crippen molar-refractivity contribution in [3.8, 4) is 23.5 Å². The van der Waals surface area contributed by atoms with E-state index in [0.717, 1.165) is 76.9 Å². The molecule has 0 unspecified atom stereocenters. The molecular weight excluding hydrogens is 528 g/mol. The van der Waals surface area contributed by atoms with Gasteiger partial charge in [-0.3, -0.25) is 0 Å². The van der Waals surface area contributed by atoms with Gasteiger partial charge in [0.2, 0.25) is 0 Å². The predicted octanol–water partition coefficient (Wildman–Crippen LogP) is 9.52. The van der Waals surface area contributed by atoms with Crippen LogP contribution < -0.4 is 0 Å². The topological polar surface area (TPSA) is 70.6 Å². The molecule has 0 saturated carbocycles. The quantitative estimate of drug-likeness (QED) is 0.216. The number of fused-ring (bicyclic) bond motifs is 10. The summed E-state index contributed by atoms with van der Waals surface area (Å²) in [4.78, 5) is 0. The fourth-order valence-corrected chi connectivity index (χ4v) is 6.77. The molecular formula is C38H20N4O. The first kappa shape index (κ1) is 23.4. The van der Waals surface area contributed by atoms with Gasteiger partial charge in [0.15, 0.2) is 0 Å². The van der Waals surface area contributed by atoms with Gasteiger partial charge in [0.05, 0.1) is 45.3 Å². The van der Waals surface area contributed by atoms with Gasteiger partial charge in [-0.15, -0.1) is 0 Å². The van der Waals surface area contributed by atoms with Crippen molar-refractivity contribution >= 4 is 65.6 Å². The number of nitriles is 2. The van der Waals surface area contributed by atoms with E-state index in [0.29, 0.717) is 11.1 Å². The average molecular weight is 549 g/mol. The molecule has 9 aromatic rings. The van der Waals surface area contributed by atoms with Crippen molar-refractivity contribution in [1.82, 2.24) is 9.13 Å². The van der Waals surface area contributed by atoms with Gasteiger partial charge in [0, 0.05) is 43.7 Å². The van der Waals surface area contributed by atoms with Crippen LogP contribution in [-0.2, 0) is 0 Å². The molecule has 6 aromatic carbocycles. The Morgan fingerprint density at radius 2 is 1.05 bits per heavy atom. The zero-order chi connectivity index (χ0) is 28.7. The molecule has 0 atom stereocenters. The third kappa shape index (κ3) is 3.19. The number of nitrogens with zero attached hydrogens (tertiary/aromatic N) is 4. The van der Waals surface area contributed by atoms with Crippen LogP contribution in [0.1, 0.15) is 11.1 Å². The van der Waals surface area contributed by atoms with Gasteiger partial charge < -0.3 is 13.6 Å². The Morgan fingerprint density at radius 3 is 1.81 bits per heavy atom. The van der Waals surface area contributed by atoms with Gasteiger partial charge >= 0.3 is 0 Å². The van der Waals surface area contributed by atoms with Crippen molar-refractivity contribution in [2.75, 3.05) is 0 Å². The fraction of sp³-hybridized carbons (Fsp3) is 0. The monoisotopic (exact) mass is 548 g/mol. The van der Waals surface area contributed by atoms with Crippen molar-refractivity contribution in [3.63, 3.8) is 0 Å². The highest BCUT2D eigenvalue weighted by molar-refractivity contribution is 6.27. The van der Waals surface area contributed by atoms with E-state index in [1.54, 1.807) is 0 Å². The third-order valence-corrected chi connectivity index (χ3v) is 8.55. The lowest BCUT2D eigenvalue weighted by atomic mass is 10.0. The van der Waals surface area contributed by atoms with Gasteiger partial charge in [-0.2, -0.15) is 10.5 Å². The molecule has 0 bridgehead atoms. The standard InChI is InChI=1S/C38H20N4O/c39-21-23-12-14-32-29(18-23)27-8-1-3-10-31(27)41(32)25-6-5-7-26(20-25)42-33-15-13-24(22-40)19-30(33)37-34(42)16-17-36-38(37)28-9-2-4-11-35(28)43-36/h1-20H. The maximum absolute atomic E-state index is 9.79. The van der Waals surface area contributed by atoms with Crippen LogP contribution >= 0.6 is 0 Å². The first-order chi connectivity index (χ1) is 21.2. The highest BCUT2D eigenvalue weighted by atomic mass is 16.3. The van der Waals surface area contributed by atoms with E-state index in [4.69, 9.17) is 4.42 Å². The highest BCUT2D eigenvalue weighted by Gasteiger charge is 2.20. The SMILES string of the molecule is N#Cc1ccc2c(c1)c1ccccc1n2-c1cccc(-n2c3ccc(C#N)cc3c3c4c(ccc32)oc2ccccc24)c1. The zero-order valence-electron chi connectivity index (χ0n) is 22.7. The highest BCUT2D eigenvalue weighted by Crippen LogP contribution is 2.42. The number of aromatic nitrogens is 2. The fourth-order valence-electron chi connectivity index (χ4n) is 6.77. The van der Waals surface area contributed by atoms with E-state index in [9.17, 15) is 10.5 Å². The van der Waals surface area contributed by atoms with Gasteiger partial charge in [-0.1, -0.05) is 42.5 Å². The van der Waals surface area contributed by atoms with E-state index in [1.807, 2.05) is 72.8 Å². The number of para-hydroxylation sites is 2. The van der Waals surface area contributed by atoms with Gasteiger partial charge in [-0.25, -0.2) is 0 Å². The Hall–Kier alpha value is -6.30. The lowest BCUT2D eigenvalue weighted by Crippen LogP contribution is -1.98. The molecule has 0 amide bonds. The smallest absolute Gasteiger partial charge is 0.136 e. The second kappa shape index (κ2) is 8.60. The largest absolute Gasteiger partial charge is 0.456 e. The van der Waals surface area contributed by atoms with E-state index in [2.05, 4.69) is 69.8 Å². The molecule has 198 valence electrons. The van der Waals surface area contributed by atoms with Crippen LogP contribution in [0.4, 0.5) is 0 Å². The van der Waals surface area contributed by atoms with Gasteiger partial charge in [-0.05, 0) is 78.9 Å². The summed E-state index contributed by atoms with van der Waals surface area (Å²) in [6.07, 6.45) is 0. The summed E-state index contributed by atoms with van der Waals surface area (Å²) >= 11 is 0. The molecule has 5 nitrogen and oxygen atoms in total. The van der Waals surface area contributed by atoms with E-state index < -0.39 is 0 Å². The van der Waals surface area contributed by atoms with Crippen molar-refractivity contribution in [1.29, 1.82) is 10.5 Å². The minimum absolute atomic E-state index is 0.618. The maximum atomic E-state index is 9.79. The molecule has 0 radical (unpaired) electrons. The second-order valence-corrected chi connectivity index (χ2v) is 10.8. The Kier molecular flexibility index (Phi) is 4.68. The van der Waals surface area contributed by atoms with Crippen LogP contribution in [0.2, 0.25) is 0 Å². The second-order valence-electron chi connectivity index (χ2n) is 10.8. The zero-order valence-corrected chi connectivity index (χ0v) is 22.7. The number of rotatable bonds is 2. The molecule has 3 aromatic heterocycles. The first-order valence-electron chi connectivity index (χ1n) is 14.1. The van der Waals surface area contributed by atoms with Crippen LogP contribution in [0.3, 0.4) is 0 Å². The third-order valence-electron chi connectivity index (χ3n) is 8.55. The number of benzene rings is 6.